The Kier molecular flexibility index (Phi) is 7.35. The minimum Gasteiger partial charge on any atom is -0.476 e. The Hall–Kier alpha value is -3.50. The van der Waals surface area contributed by atoms with Crippen molar-refractivity contribution >= 4 is 51.6 Å². The Bertz CT molecular complexity index is 1550. The van der Waals surface area contributed by atoms with Gasteiger partial charge in [-0.15, -0.1) is 11.3 Å². The lowest BCUT2D eigenvalue weighted by Gasteiger charge is -2.36. The number of hydrogen-bond acceptors (Lipinski definition) is 7. The molecule has 1 fully saturated rings. The lowest BCUT2D eigenvalue weighted by Crippen LogP contribution is -2.51. The first-order valence-electron chi connectivity index (χ1n) is 12.8. The topological polar surface area (TPSA) is 102 Å². The van der Waals surface area contributed by atoms with Crippen LogP contribution in [0.25, 0.3) is 11.0 Å². The second-order valence-corrected chi connectivity index (χ2v) is 11.7. The monoisotopic (exact) mass is 566 g/mol. The zero-order valence-electron chi connectivity index (χ0n) is 22.6. The van der Waals surface area contributed by atoms with Crippen molar-refractivity contribution < 1.29 is 14.3 Å². The van der Waals surface area contributed by atoms with E-state index < -0.39 is 5.60 Å². The van der Waals surface area contributed by atoms with E-state index in [2.05, 4.69) is 20.4 Å². The number of piperidine rings is 1. The third kappa shape index (κ3) is 5.49. The zero-order valence-corrected chi connectivity index (χ0v) is 24.2. The molecule has 2 amide bonds. The van der Waals surface area contributed by atoms with Crippen LogP contribution in [-0.4, -0.2) is 55.2 Å². The quantitative estimate of drug-likeness (QED) is 0.330. The number of ether oxygens (including phenoxy) is 1. The molecular weight excluding hydrogens is 536 g/mol. The van der Waals surface area contributed by atoms with Gasteiger partial charge in [0.1, 0.15) is 11.4 Å². The number of aromatic nitrogens is 4. The zero-order chi connectivity index (χ0) is 27.9. The van der Waals surface area contributed by atoms with Gasteiger partial charge in [0.2, 0.25) is 0 Å². The van der Waals surface area contributed by atoms with Gasteiger partial charge >= 0.3 is 0 Å². The number of carbonyl (C=O) groups is 2. The number of benzene rings is 1. The van der Waals surface area contributed by atoms with Crippen LogP contribution in [0.5, 0.6) is 5.75 Å². The van der Waals surface area contributed by atoms with Gasteiger partial charge in [-0.25, -0.2) is 14.6 Å². The smallest absolute Gasteiger partial charge is 0.276 e. The van der Waals surface area contributed by atoms with E-state index in [-0.39, 0.29) is 17.7 Å². The van der Waals surface area contributed by atoms with Gasteiger partial charge in [-0.2, -0.15) is 5.10 Å². The Morgan fingerprint density at radius 1 is 1.15 bits per heavy atom. The predicted octanol–water partition coefficient (Wildman–Crippen LogP) is 5.51. The molecule has 5 rings (SSSR count). The molecule has 0 atom stereocenters. The number of nitrogens with one attached hydrogen (secondary N) is 1. The highest BCUT2D eigenvalue weighted by Crippen LogP contribution is 2.33. The molecule has 204 valence electrons. The lowest BCUT2D eigenvalue weighted by atomic mass is 9.96. The first-order chi connectivity index (χ1) is 18.5. The van der Waals surface area contributed by atoms with Crippen molar-refractivity contribution in [2.24, 2.45) is 7.05 Å². The van der Waals surface area contributed by atoms with E-state index in [1.807, 2.05) is 44.0 Å². The molecule has 0 unspecified atom stereocenters. The molecule has 1 saturated heterocycles. The number of carbonyl (C=O) groups excluding carboxylic acids is 2. The van der Waals surface area contributed by atoms with Crippen molar-refractivity contribution in [3.8, 4) is 5.75 Å². The highest BCUT2D eigenvalue weighted by molar-refractivity contribution is 7.10. The fourth-order valence-corrected chi connectivity index (χ4v) is 6.13. The molecule has 11 heteroatoms. The van der Waals surface area contributed by atoms with Gasteiger partial charge in [-0.1, -0.05) is 23.7 Å². The lowest BCUT2D eigenvalue weighted by molar-refractivity contribution is -0.146. The van der Waals surface area contributed by atoms with Crippen molar-refractivity contribution in [1.29, 1.82) is 0 Å². The highest BCUT2D eigenvalue weighted by Gasteiger charge is 2.37. The van der Waals surface area contributed by atoms with Crippen molar-refractivity contribution in [2.75, 3.05) is 18.4 Å². The van der Waals surface area contributed by atoms with Crippen LogP contribution in [0.3, 0.4) is 0 Å². The third-order valence-electron chi connectivity index (χ3n) is 6.95. The second kappa shape index (κ2) is 10.6. The van der Waals surface area contributed by atoms with E-state index in [9.17, 15) is 9.59 Å². The number of amides is 2. The van der Waals surface area contributed by atoms with E-state index in [4.69, 9.17) is 16.3 Å². The minimum absolute atomic E-state index is 0.0809. The Labute approximate surface area is 236 Å². The molecule has 39 heavy (non-hydrogen) atoms. The molecule has 1 aliphatic rings. The van der Waals surface area contributed by atoms with Crippen LogP contribution >= 0.6 is 22.9 Å². The van der Waals surface area contributed by atoms with E-state index in [1.165, 1.54) is 11.3 Å². The largest absolute Gasteiger partial charge is 0.476 e. The van der Waals surface area contributed by atoms with Crippen molar-refractivity contribution in [3.63, 3.8) is 0 Å². The Morgan fingerprint density at radius 2 is 1.87 bits per heavy atom. The summed E-state index contributed by atoms with van der Waals surface area (Å²) in [6, 6.07) is 9.12. The highest BCUT2D eigenvalue weighted by atomic mass is 35.5. The Morgan fingerprint density at radius 3 is 2.59 bits per heavy atom. The van der Waals surface area contributed by atoms with Gasteiger partial charge in [0.25, 0.3) is 11.8 Å². The van der Waals surface area contributed by atoms with Crippen LogP contribution in [0, 0.1) is 13.8 Å². The number of halogens is 1. The molecule has 9 nitrogen and oxygen atoms in total. The van der Waals surface area contributed by atoms with Gasteiger partial charge in [0.15, 0.2) is 17.1 Å². The molecule has 3 aromatic heterocycles. The first-order valence-corrected chi connectivity index (χ1v) is 14.1. The molecule has 4 aromatic rings. The number of rotatable bonds is 6. The summed E-state index contributed by atoms with van der Waals surface area (Å²) < 4.78 is 7.66. The standard InChI is InChI=1S/C28H31ClN6O3S/c1-16-14-17(2)30-24-22(16)23(33-34(24)5)32-25(36)20-15-39-26(31-20)18-10-12-35(13-11-18)27(37)28(3,4)38-21-9-7-6-8-19(21)29/h6-9,14-15,18H,10-13H2,1-5H3,(H,32,33,36). The predicted molar refractivity (Wildman–Crippen MR) is 153 cm³/mol. The van der Waals surface area contributed by atoms with Gasteiger partial charge in [-0.05, 0) is 64.3 Å². The second-order valence-electron chi connectivity index (χ2n) is 10.4. The third-order valence-corrected chi connectivity index (χ3v) is 8.27. The first kappa shape index (κ1) is 27.1. The average Bonchev–Trinajstić information content (AvgIpc) is 3.50. The number of likely N-dealkylation sites (tertiary alicyclic amines) is 1. The number of fused-ring (bicyclic) bond motifs is 1. The summed E-state index contributed by atoms with van der Waals surface area (Å²) in [4.78, 5) is 37.4. The molecule has 1 aliphatic heterocycles. The SMILES string of the molecule is Cc1cc(C)c2c(NC(=O)c3csc(C4CCN(C(=O)C(C)(C)Oc5ccccc5Cl)CC4)n3)nn(C)c2n1. The number of nitrogens with zero attached hydrogens (tertiary/aromatic N) is 5. The summed E-state index contributed by atoms with van der Waals surface area (Å²) in [7, 11) is 1.81. The molecule has 0 bridgehead atoms. The number of anilines is 1. The van der Waals surface area contributed by atoms with Crippen molar-refractivity contribution in [2.45, 2.75) is 52.1 Å². The van der Waals surface area contributed by atoms with Crippen LogP contribution in [0.15, 0.2) is 35.7 Å². The van der Waals surface area contributed by atoms with E-state index in [0.717, 1.165) is 40.1 Å². The van der Waals surface area contributed by atoms with Crippen LogP contribution in [-0.2, 0) is 11.8 Å². The molecule has 0 radical (unpaired) electrons. The number of para-hydroxylation sites is 1. The number of thiazole rings is 1. The van der Waals surface area contributed by atoms with Crippen LogP contribution < -0.4 is 10.1 Å². The minimum atomic E-state index is -1.05. The van der Waals surface area contributed by atoms with E-state index in [0.29, 0.717) is 35.4 Å². The molecule has 0 aliphatic carbocycles. The van der Waals surface area contributed by atoms with Crippen molar-refractivity contribution in [1.82, 2.24) is 24.6 Å². The number of hydrogen-bond donors (Lipinski definition) is 1. The summed E-state index contributed by atoms with van der Waals surface area (Å²) in [6.45, 7) is 8.62. The van der Waals surface area contributed by atoms with Gasteiger partial charge in [-0.3, -0.25) is 9.59 Å². The maximum atomic E-state index is 13.3. The van der Waals surface area contributed by atoms with Gasteiger partial charge < -0.3 is 15.0 Å². The Balaban J connectivity index is 1.21. The maximum Gasteiger partial charge on any atom is 0.276 e. The summed E-state index contributed by atoms with van der Waals surface area (Å²) in [5.41, 5.74) is 1.94. The molecule has 0 saturated carbocycles. The molecular formula is C28H31ClN6O3S. The van der Waals surface area contributed by atoms with Crippen LogP contribution in [0.4, 0.5) is 5.82 Å². The number of pyridine rings is 1. The summed E-state index contributed by atoms with van der Waals surface area (Å²) in [5.74, 6) is 0.760. The van der Waals surface area contributed by atoms with Crippen LogP contribution in [0.1, 0.15) is 59.4 Å². The maximum absolute atomic E-state index is 13.3. The molecule has 1 N–H and O–H groups in total. The van der Waals surface area contributed by atoms with Crippen LogP contribution in [0.2, 0.25) is 5.02 Å². The average molecular weight is 567 g/mol. The summed E-state index contributed by atoms with van der Waals surface area (Å²) in [6.07, 6.45) is 1.52. The van der Waals surface area contributed by atoms with E-state index in [1.54, 1.807) is 36.0 Å². The summed E-state index contributed by atoms with van der Waals surface area (Å²) >= 11 is 7.70. The van der Waals surface area contributed by atoms with Crippen molar-refractivity contribution in [3.05, 3.63) is 62.7 Å². The fraction of sp³-hybridized carbons (Fsp3) is 0.393. The molecule has 1 aromatic carbocycles. The van der Waals surface area contributed by atoms with Gasteiger partial charge in [0, 0.05) is 37.1 Å². The fourth-order valence-electron chi connectivity index (χ4n) is 4.99. The van der Waals surface area contributed by atoms with E-state index >= 15 is 0 Å². The van der Waals surface area contributed by atoms with Gasteiger partial charge in [0.05, 0.1) is 15.4 Å². The normalized spacial score (nSPS) is 14.6. The molecule has 0 spiro atoms. The number of aryl methyl sites for hydroxylation is 3. The summed E-state index contributed by atoms with van der Waals surface area (Å²) in [5, 5.41) is 11.4. The molecule has 4 heterocycles.